The fourth-order valence-corrected chi connectivity index (χ4v) is 3.89. The topological polar surface area (TPSA) is 85.0 Å². The lowest BCUT2D eigenvalue weighted by molar-refractivity contribution is 0.130. The molecule has 7 heteroatoms. The fourth-order valence-electron chi connectivity index (χ4n) is 3.89. The summed E-state index contributed by atoms with van der Waals surface area (Å²) in [6.45, 7) is 4.43. The molecule has 3 aromatic rings. The first-order valence-corrected chi connectivity index (χ1v) is 9.33. The maximum Gasteiger partial charge on any atom is 0.280 e. The first-order chi connectivity index (χ1) is 12.9. The number of nitrogens with zero attached hydrogens (tertiary/aromatic N) is 4. The summed E-state index contributed by atoms with van der Waals surface area (Å²) in [5.41, 5.74) is 1.42. The van der Waals surface area contributed by atoms with Crippen molar-refractivity contribution in [3.05, 3.63) is 52.1 Å². The van der Waals surface area contributed by atoms with Crippen molar-refractivity contribution in [2.45, 2.75) is 51.3 Å². The number of anilines is 1. The highest BCUT2D eigenvalue weighted by Crippen LogP contribution is 2.32. The van der Waals surface area contributed by atoms with Gasteiger partial charge in [0.05, 0.1) is 11.6 Å². The molecule has 1 aliphatic rings. The van der Waals surface area contributed by atoms with Gasteiger partial charge in [-0.1, -0.05) is 30.3 Å². The van der Waals surface area contributed by atoms with Gasteiger partial charge in [-0.05, 0) is 38.7 Å². The molecule has 0 spiro atoms. The lowest BCUT2D eigenvalue weighted by Crippen LogP contribution is -2.44. The molecule has 0 amide bonds. The molecule has 7 nitrogen and oxygen atoms in total. The summed E-state index contributed by atoms with van der Waals surface area (Å²) >= 11 is 0. The molecule has 1 saturated carbocycles. The van der Waals surface area contributed by atoms with Crippen LogP contribution in [-0.4, -0.2) is 35.9 Å². The molecule has 2 heterocycles. The zero-order chi connectivity index (χ0) is 19.2. The van der Waals surface area contributed by atoms with Crippen LogP contribution >= 0.6 is 0 Å². The molecule has 2 unspecified atom stereocenters. The standard InChI is InChI=1S/C20H25N5O2/c1-13-21-17-16(25(13)12-14-8-5-4-6-9-14)18(27)24(3)19(22-17)23-20(2)11-7-10-15(20)26/h4-6,8-9,15,26H,7,10-12H2,1-3H3,(H,22,23). The Morgan fingerprint density at radius 1 is 1.30 bits per heavy atom. The number of imidazole rings is 1. The molecule has 0 saturated heterocycles. The van der Waals surface area contributed by atoms with E-state index in [0.717, 1.165) is 30.7 Å². The van der Waals surface area contributed by atoms with E-state index in [1.165, 1.54) is 4.57 Å². The smallest absolute Gasteiger partial charge is 0.280 e. The van der Waals surface area contributed by atoms with Crippen LogP contribution in [0.1, 0.15) is 37.6 Å². The first-order valence-electron chi connectivity index (χ1n) is 9.33. The second-order valence-electron chi connectivity index (χ2n) is 7.65. The van der Waals surface area contributed by atoms with E-state index in [2.05, 4.69) is 15.3 Å². The van der Waals surface area contributed by atoms with Gasteiger partial charge in [-0.3, -0.25) is 9.36 Å². The quantitative estimate of drug-likeness (QED) is 0.738. The zero-order valence-corrected chi connectivity index (χ0v) is 15.9. The van der Waals surface area contributed by atoms with Crippen molar-refractivity contribution >= 4 is 17.1 Å². The number of aliphatic hydroxyl groups is 1. The SMILES string of the molecule is Cc1nc2nc(NC3(C)CCCC3O)n(C)c(=O)c2n1Cc1ccccc1. The van der Waals surface area contributed by atoms with E-state index >= 15 is 0 Å². The van der Waals surface area contributed by atoms with Gasteiger partial charge in [0, 0.05) is 13.6 Å². The number of benzene rings is 1. The van der Waals surface area contributed by atoms with E-state index in [1.54, 1.807) is 7.05 Å². The van der Waals surface area contributed by atoms with Gasteiger partial charge in [0.2, 0.25) is 5.95 Å². The van der Waals surface area contributed by atoms with Crippen molar-refractivity contribution in [1.29, 1.82) is 0 Å². The number of aryl methyl sites for hydroxylation is 1. The number of nitrogens with one attached hydrogen (secondary N) is 1. The van der Waals surface area contributed by atoms with Gasteiger partial charge in [0.25, 0.3) is 5.56 Å². The molecule has 0 bridgehead atoms. The van der Waals surface area contributed by atoms with Gasteiger partial charge >= 0.3 is 0 Å². The monoisotopic (exact) mass is 367 g/mol. The molecule has 1 fully saturated rings. The van der Waals surface area contributed by atoms with Gasteiger partial charge in [-0.2, -0.15) is 4.98 Å². The molecule has 2 N–H and O–H groups in total. The van der Waals surface area contributed by atoms with Crippen LogP contribution in [0.4, 0.5) is 5.95 Å². The number of aromatic nitrogens is 4. The number of rotatable bonds is 4. The van der Waals surface area contributed by atoms with Crippen molar-refractivity contribution in [3.8, 4) is 0 Å². The molecule has 0 radical (unpaired) electrons. The van der Waals surface area contributed by atoms with Gasteiger partial charge in [-0.15, -0.1) is 0 Å². The maximum absolute atomic E-state index is 13.1. The minimum Gasteiger partial charge on any atom is -0.391 e. The zero-order valence-electron chi connectivity index (χ0n) is 15.9. The van der Waals surface area contributed by atoms with Crippen LogP contribution in [0, 0.1) is 6.92 Å². The average Bonchev–Trinajstić information content (AvgIpc) is 3.13. The number of hydrogen-bond donors (Lipinski definition) is 2. The van der Waals surface area contributed by atoms with Crippen LogP contribution in [0.2, 0.25) is 0 Å². The van der Waals surface area contributed by atoms with Crippen molar-refractivity contribution in [3.63, 3.8) is 0 Å². The van der Waals surface area contributed by atoms with Crippen molar-refractivity contribution in [2.75, 3.05) is 5.32 Å². The van der Waals surface area contributed by atoms with Crippen molar-refractivity contribution < 1.29 is 5.11 Å². The Morgan fingerprint density at radius 3 is 2.70 bits per heavy atom. The van der Waals surface area contributed by atoms with E-state index in [-0.39, 0.29) is 5.56 Å². The Labute approximate surface area is 157 Å². The summed E-state index contributed by atoms with van der Waals surface area (Å²) in [7, 11) is 1.71. The molecule has 0 aliphatic heterocycles. The summed E-state index contributed by atoms with van der Waals surface area (Å²) in [5.74, 6) is 1.20. The summed E-state index contributed by atoms with van der Waals surface area (Å²) in [5, 5.41) is 13.6. The highest BCUT2D eigenvalue weighted by Gasteiger charge is 2.38. The van der Waals surface area contributed by atoms with E-state index in [9.17, 15) is 9.90 Å². The van der Waals surface area contributed by atoms with E-state index in [4.69, 9.17) is 0 Å². The second-order valence-corrected chi connectivity index (χ2v) is 7.65. The highest BCUT2D eigenvalue weighted by molar-refractivity contribution is 5.72. The lowest BCUT2D eigenvalue weighted by atomic mass is 9.98. The van der Waals surface area contributed by atoms with Crippen LogP contribution in [0.3, 0.4) is 0 Å². The van der Waals surface area contributed by atoms with E-state index in [0.29, 0.717) is 23.7 Å². The molecular formula is C20H25N5O2. The third kappa shape index (κ3) is 3.02. The number of hydrogen-bond acceptors (Lipinski definition) is 5. The molecule has 2 aromatic heterocycles. The molecule has 1 aromatic carbocycles. The van der Waals surface area contributed by atoms with Crippen LogP contribution in [0.25, 0.3) is 11.2 Å². The van der Waals surface area contributed by atoms with Crippen LogP contribution < -0.4 is 10.9 Å². The Bertz CT molecular complexity index is 1040. The fraction of sp³-hybridized carbons (Fsp3) is 0.450. The normalized spacial score (nSPS) is 22.4. The highest BCUT2D eigenvalue weighted by atomic mass is 16.3. The van der Waals surface area contributed by atoms with Gasteiger partial charge in [0.1, 0.15) is 5.82 Å². The van der Waals surface area contributed by atoms with Crippen molar-refractivity contribution in [1.82, 2.24) is 19.1 Å². The molecule has 4 rings (SSSR count). The van der Waals surface area contributed by atoms with Gasteiger partial charge < -0.3 is 15.0 Å². The Morgan fingerprint density at radius 2 is 2.04 bits per heavy atom. The first kappa shape index (κ1) is 17.7. The van der Waals surface area contributed by atoms with Crippen LogP contribution in [0.5, 0.6) is 0 Å². The molecule has 142 valence electrons. The summed E-state index contributed by atoms with van der Waals surface area (Å²) < 4.78 is 3.43. The van der Waals surface area contributed by atoms with E-state index < -0.39 is 11.6 Å². The minimum absolute atomic E-state index is 0.143. The van der Waals surface area contributed by atoms with Gasteiger partial charge in [-0.25, -0.2) is 4.98 Å². The second kappa shape index (κ2) is 6.49. The summed E-state index contributed by atoms with van der Waals surface area (Å²) in [6.07, 6.45) is 2.09. The molecule has 2 atom stereocenters. The van der Waals surface area contributed by atoms with E-state index in [1.807, 2.05) is 48.7 Å². The Balaban J connectivity index is 1.78. The van der Waals surface area contributed by atoms with Crippen molar-refractivity contribution in [2.24, 2.45) is 7.05 Å². The summed E-state index contributed by atoms with van der Waals surface area (Å²) in [6, 6.07) is 9.99. The molecular weight excluding hydrogens is 342 g/mol. The molecule has 1 aliphatic carbocycles. The maximum atomic E-state index is 13.1. The third-order valence-corrected chi connectivity index (χ3v) is 5.67. The van der Waals surface area contributed by atoms with Crippen LogP contribution in [0.15, 0.2) is 35.1 Å². The number of fused-ring (bicyclic) bond motifs is 1. The van der Waals surface area contributed by atoms with Crippen LogP contribution in [-0.2, 0) is 13.6 Å². The third-order valence-electron chi connectivity index (χ3n) is 5.67. The minimum atomic E-state index is -0.480. The Kier molecular flexibility index (Phi) is 4.26. The summed E-state index contributed by atoms with van der Waals surface area (Å²) in [4.78, 5) is 22.2. The Hall–Kier alpha value is -2.67. The lowest BCUT2D eigenvalue weighted by Gasteiger charge is -2.30. The number of aliphatic hydroxyl groups excluding tert-OH is 1. The average molecular weight is 367 g/mol. The predicted molar refractivity (Wildman–Crippen MR) is 105 cm³/mol. The predicted octanol–water partition coefficient (Wildman–Crippen LogP) is 2.20. The largest absolute Gasteiger partial charge is 0.391 e. The molecule has 27 heavy (non-hydrogen) atoms. The van der Waals surface area contributed by atoms with Gasteiger partial charge in [0.15, 0.2) is 11.2 Å².